The fourth-order valence-corrected chi connectivity index (χ4v) is 10.00. The largest absolute Gasteiger partial charge is 0.354 e. The van der Waals surface area contributed by atoms with Gasteiger partial charge >= 0.3 is 4.33 Å². The molecule has 0 aliphatic rings. The van der Waals surface area contributed by atoms with Gasteiger partial charge in [0, 0.05) is 10.9 Å². The van der Waals surface area contributed by atoms with Crippen LogP contribution in [0, 0.1) is 5.82 Å². The molecule has 0 saturated heterocycles. The summed E-state index contributed by atoms with van der Waals surface area (Å²) < 4.78 is 87.3. The summed E-state index contributed by atoms with van der Waals surface area (Å²) in [5.41, 5.74) is 1.53. The predicted molar refractivity (Wildman–Crippen MR) is 163 cm³/mol. The third-order valence-electron chi connectivity index (χ3n) is 7.49. The Bertz CT molecular complexity index is 2050. The Morgan fingerprint density at radius 1 is 0.581 bits per heavy atom. The number of aromatic nitrogens is 1. The highest BCUT2D eigenvalue weighted by Gasteiger charge is 2.64. The van der Waals surface area contributed by atoms with Gasteiger partial charge in [-0.2, -0.15) is 0 Å². The van der Waals surface area contributed by atoms with E-state index in [1.54, 1.807) is 66.7 Å². The number of rotatable bonds is 8. The molecular formula is C34H25F2NO4S2. The van der Waals surface area contributed by atoms with Gasteiger partial charge in [-0.05, 0) is 59.2 Å². The van der Waals surface area contributed by atoms with Gasteiger partial charge in [0.15, 0.2) is 0 Å². The van der Waals surface area contributed by atoms with Crippen LogP contribution in [0.15, 0.2) is 149 Å². The summed E-state index contributed by atoms with van der Waals surface area (Å²) in [6, 6.07) is 33.7. The van der Waals surface area contributed by atoms with Crippen molar-refractivity contribution in [3.8, 4) is 11.3 Å². The van der Waals surface area contributed by atoms with Crippen molar-refractivity contribution in [2.75, 3.05) is 0 Å². The third kappa shape index (κ3) is 4.65. The second kappa shape index (κ2) is 10.9. The van der Waals surface area contributed by atoms with Crippen molar-refractivity contribution in [3.05, 3.63) is 156 Å². The lowest BCUT2D eigenvalue weighted by atomic mass is 9.88. The molecule has 0 bridgehead atoms. The smallest absolute Gasteiger partial charge is 0.328 e. The Balaban J connectivity index is 1.80. The average molecular weight is 614 g/mol. The summed E-state index contributed by atoms with van der Waals surface area (Å²) in [6.45, 7) is 0. The van der Waals surface area contributed by atoms with Gasteiger partial charge < -0.3 is 4.98 Å². The van der Waals surface area contributed by atoms with E-state index in [9.17, 15) is 21.2 Å². The van der Waals surface area contributed by atoms with Gasteiger partial charge in [-0.25, -0.2) is 25.6 Å². The van der Waals surface area contributed by atoms with Gasteiger partial charge in [0.2, 0.25) is 19.7 Å². The quantitative estimate of drug-likeness (QED) is 0.191. The second-order valence-electron chi connectivity index (χ2n) is 10.0. The summed E-state index contributed by atoms with van der Waals surface area (Å²) in [4.78, 5) is 2.25. The molecule has 6 aromatic rings. The number of alkyl halides is 1. The molecule has 0 saturated carbocycles. The zero-order valence-electron chi connectivity index (χ0n) is 22.6. The molecule has 0 aliphatic carbocycles. The van der Waals surface area contributed by atoms with Crippen molar-refractivity contribution >= 4 is 30.6 Å². The van der Waals surface area contributed by atoms with Crippen LogP contribution < -0.4 is 0 Å². The molecule has 1 aromatic heterocycles. The second-order valence-corrected chi connectivity index (χ2v) is 14.4. The fourth-order valence-electron chi connectivity index (χ4n) is 5.46. The van der Waals surface area contributed by atoms with E-state index < -0.39 is 45.5 Å². The highest BCUT2D eigenvalue weighted by atomic mass is 32.3. The minimum atomic E-state index is -5.32. The number of fused-ring (bicyclic) bond motifs is 1. The fraction of sp³-hybridized carbons (Fsp3) is 0.0588. The Morgan fingerprint density at radius 2 is 1.05 bits per heavy atom. The molecule has 1 atom stereocenters. The highest BCUT2D eigenvalue weighted by Crippen LogP contribution is 2.53. The maximum atomic E-state index is 18.7. The Hall–Kier alpha value is -4.60. The topological polar surface area (TPSA) is 84.1 Å². The van der Waals surface area contributed by atoms with Crippen molar-refractivity contribution in [1.29, 1.82) is 0 Å². The van der Waals surface area contributed by atoms with Crippen LogP contribution in [0.2, 0.25) is 0 Å². The minimum Gasteiger partial charge on any atom is -0.354 e. The van der Waals surface area contributed by atoms with Gasteiger partial charge in [0.1, 0.15) is 5.82 Å². The highest BCUT2D eigenvalue weighted by molar-refractivity contribution is 8.10. The normalized spacial score (nSPS) is 13.2. The molecule has 1 N–H and O–H groups in total. The van der Waals surface area contributed by atoms with Crippen LogP contribution in [0.25, 0.3) is 22.2 Å². The van der Waals surface area contributed by atoms with Crippen LogP contribution in [0.4, 0.5) is 8.78 Å². The van der Waals surface area contributed by atoms with Crippen molar-refractivity contribution in [2.45, 2.75) is 20.0 Å². The van der Waals surface area contributed by atoms with Gasteiger partial charge in [-0.15, -0.1) is 0 Å². The first-order valence-corrected chi connectivity index (χ1v) is 16.3. The van der Waals surface area contributed by atoms with Gasteiger partial charge in [-0.1, -0.05) is 97.1 Å². The minimum absolute atomic E-state index is 0.0372. The lowest BCUT2D eigenvalue weighted by molar-refractivity contribution is 0.328. The van der Waals surface area contributed by atoms with Crippen LogP contribution in [0.1, 0.15) is 17.0 Å². The lowest BCUT2D eigenvalue weighted by Gasteiger charge is -2.34. The average Bonchev–Trinajstić information content (AvgIpc) is 3.42. The molecule has 9 heteroatoms. The molecule has 0 spiro atoms. The number of H-pyrrole nitrogens is 1. The number of halogens is 2. The number of benzene rings is 5. The van der Waals surface area contributed by atoms with Crippen LogP contribution in [-0.4, -0.2) is 26.2 Å². The number of sulfone groups is 2. The van der Waals surface area contributed by atoms with Crippen LogP contribution >= 0.6 is 0 Å². The Kier molecular flexibility index (Phi) is 7.23. The van der Waals surface area contributed by atoms with E-state index in [0.717, 1.165) is 12.1 Å². The molecule has 5 nitrogen and oxygen atoms in total. The van der Waals surface area contributed by atoms with E-state index in [-0.39, 0.29) is 11.1 Å². The summed E-state index contributed by atoms with van der Waals surface area (Å²) in [5, 5.41) is 0.421. The zero-order chi connectivity index (χ0) is 30.2. The number of para-hydroxylation sites is 1. The molecule has 0 amide bonds. The van der Waals surface area contributed by atoms with Gasteiger partial charge in [0.25, 0.3) is 0 Å². The molecule has 1 unspecified atom stereocenters. The van der Waals surface area contributed by atoms with E-state index in [4.69, 9.17) is 0 Å². The molecule has 5 aromatic carbocycles. The molecule has 43 heavy (non-hydrogen) atoms. The molecule has 1 heterocycles. The van der Waals surface area contributed by atoms with Gasteiger partial charge in [-0.3, -0.25) is 0 Å². The first-order chi connectivity index (χ1) is 20.7. The van der Waals surface area contributed by atoms with Crippen LogP contribution in [0.3, 0.4) is 0 Å². The molecule has 216 valence electrons. The molecular weight excluding hydrogens is 589 g/mol. The summed E-state index contributed by atoms with van der Waals surface area (Å²) in [7, 11) is -10.6. The number of aromatic amines is 1. The monoisotopic (exact) mass is 613 g/mol. The summed E-state index contributed by atoms with van der Waals surface area (Å²) in [5.74, 6) is -2.61. The molecule has 6 rings (SSSR count). The third-order valence-corrected chi connectivity index (χ3v) is 12.5. The van der Waals surface area contributed by atoms with Gasteiger partial charge in [0.05, 0.1) is 21.4 Å². The van der Waals surface area contributed by atoms with Crippen molar-refractivity contribution < 1.29 is 25.6 Å². The number of hydrogen-bond acceptors (Lipinski definition) is 4. The Morgan fingerprint density at radius 3 is 1.58 bits per heavy atom. The van der Waals surface area contributed by atoms with Crippen molar-refractivity contribution in [3.63, 3.8) is 0 Å². The van der Waals surface area contributed by atoms with E-state index in [1.807, 2.05) is 0 Å². The van der Waals surface area contributed by atoms with E-state index >= 15 is 4.39 Å². The number of hydrogen-bond donors (Lipinski definition) is 1. The van der Waals surface area contributed by atoms with Crippen molar-refractivity contribution in [2.24, 2.45) is 0 Å². The van der Waals surface area contributed by atoms with Crippen LogP contribution in [-0.2, 0) is 19.7 Å². The maximum absolute atomic E-state index is 18.7. The summed E-state index contributed by atoms with van der Waals surface area (Å²) in [6.07, 6.45) is 0. The molecule has 0 fully saturated rings. The predicted octanol–water partition coefficient (Wildman–Crippen LogP) is 7.68. The maximum Gasteiger partial charge on any atom is 0.328 e. The van der Waals surface area contributed by atoms with Crippen LogP contribution in [0.5, 0.6) is 0 Å². The first kappa shape index (κ1) is 28.5. The summed E-state index contributed by atoms with van der Waals surface area (Å²) >= 11 is 0. The Labute approximate surface area is 248 Å². The van der Waals surface area contributed by atoms with E-state index in [0.29, 0.717) is 22.2 Å². The molecule has 0 radical (unpaired) electrons. The SMILES string of the molecule is O=S(=O)(c1ccccc1)C(F)(C(c1ccc(F)cc1)c1c(-c2ccccc2)[nH]c2ccccc12)S(=O)(=O)c1ccccc1. The standard InChI is InChI=1S/C34H25F2NO4S2/c35-26-22-20-24(21-23-26)32(31-29-18-10-11-19-30(29)37-33(31)25-12-4-1-5-13-25)34(36,42(38,39)27-14-6-2-7-15-27)43(40,41)28-16-8-3-9-17-28/h1-23,32,37H. The molecule has 0 aliphatic heterocycles. The lowest BCUT2D eigenvalue weighted by Crippen LogP contribution is -2.48. The van der Waals surface area contributed by atoms with E-state index in [1.165, 1.54) is 60.7 Å². The zero-order valence-corrected chi connectivity index (χ0v) is 24.2. The number of nitrogens with one attached hydrogen (secondary N) is 1. The van der Waals surface area contributed by atoms with Crippen molar-refractivity contribution in [1.82, 2.24) is 4.98 Å². The van der Waals surface area contributed by atoms with E-state index in [2.05, 4.69) is 4.98 Å². The first-order valence-electron chi connectivity index (χ1n) is 13.4.